The van der Waals surface area contributed by atoms with Crippen molar-refractivity contribution in [2.24, 2.45) is 5.92 Å². The van der Waals surface area contributed by atoms with Crippen LogP contribution in [-0.4, -0.2) is 28.9 Å². The third-order valence-electron chi connectivity index (χ3n) is 3.12. The first-order valence-corrected chi connectivity index (χ1v) is 5.57. The molecule has 1 heterocycles. The van der Waals surface area contributed by atoms with Gasteiger partial charge in [0.05, 0.1) is 6.54 Å². The van der Waals surface area contributed by atoms with E-state index in [1.54, 1.807) is 0 Å². The van der Waals surface area contributed by atoms with Crippen molar-refractivity contribution in [3.8, 4) is 0 Å². The quantitative estimate of drug-likeness (QED) is 0.762. The lowest BCUT2D eigenvalue weighted by Crippen LogP contribution is -2.21. The Bertz CT molecular complexity index is 449. The Hall–Kier alpha value is -1.97. The zero-order chi connectivity index (χ0) is 13.7. The average molecular weight is 249 g/mol. The Morgan fingerprint density at radius 2 is 1.78 bits per heavy atom. The molecule has 1 aliphatic rings. The molecule has 0 radical (unpaired) electrons. The fourth-order valence-electron chi connectivity index (χ4n) is 2.05. The van der Waals surface area contributed by atoms with Gasteiger partial charge in [-0.15, -0.1) is 0 Å². The Balaban J connectivity index is 0.000000492. The lowest BCUT2D eigenvalue weighted by molar-refractivity contribution is -0.191. The summed E-state index contributed by atoms with van der Waals surface area (Å²) in [6.07, 6.45) is 0.250. The summed E-state index contributed by atoms with van der Waals surface area (Å²) < 4.78 is 0. The second-order valence-electron chi connectivity index (χ2n) is 4.31. The summed E-state index contributed by atoms with van der Waals surface area (Å²) in [6, 6.07) is 8.13. The summed E-state index contributed by atoms with van der Waals surface area (Å²) >= 11 is 0. The van der Waals surface area contributed by atoms with E-state index < -0.39 is 0 Å². The Morgan fingerprint density at radius 3 is 2.17 bits per heavy atom. The molecule has 0 unspecified atom stereocenters. The van der Waals surface area contributed by atoms with Crippen molar-refractivity contribution >= 4 is 12.1 Å². The van der Waals surface area contributed by atoms with Crippen molar-refractivity contribution in [3.63, 3.8) is 0 Å². The number of hydrogen-bond donors (Lipinski definition) is 1. The lowest BCUT2D eigenvalue weighted by Gasteiger charge is -2.12. The number of carbonyl (C=O) groups is 1. The number of nitrogens with zero attached hydrogens (tertiary/aromatic N) is 1. The summed E-state index contributed by atoms with van der Waals surface area (Å²) in [7, 11) is 0. The Labute approximate surface area is 105 Å². The minimum absolute atomic E-state index is 0.114. The molecule has 5 heteroatoms. The zero-order valence-corrected chi connectivity index (χ0v) is 10.3. The number of rotatable bonds is 1. The number of hydrogen-bond acceptors (Lipinski definition) is 4. The number of carbonyl (C=O) groups excluding carboxylic acids is 3. The molecule has 0 aromatic heterocycles. The van der Waals surface area contributed by atoms with Crippen LogP contribution in [0.2, 0.25) is 0 Å². The molecular weight excluding hydrogens is 234 g/mol. The second kappa shape index (κ2) is 6.10. The summed E-state index contributed by atoms with van der Waals surface area (Å²) in [4.78, 5) is 27.7. The van der Waals surface area contributed by atoms with E-state index in [0.29, 0.717) is 6.54 Å². The summed E-state index contributed by atoms with van der Waals surface area (Å²) in [5, 5.41) is 10.2. The van der Waals surface area contributed by atoms with E-state index in [1.165, 1.54) is 5.56 Å². The van der Waals surface area contributed by atoms with Gasteiger partial charge in [-0.05, 0) is 12.5 Å². The molecule has 1 fully saturated rings. The van der Waals surface area contributed by atoms with Crippen molar-refractivity contribution in [2.75, 3.05) is 6.54 Å². The maximum atomic E-state index is 11.4. The van der Waals surface area contributed by atoms with Crippen LogP contribution in [0.1, 0.15) is 24.0 Å². The molecule has 2 rings (SSSR count). The van der Waals surface area contributed by atoms with Gasteiger partial charge in [0.25, 0.3) is 0 Å². The smallest absolute Gasteiger partial charge is 0.286 e. The van der Waals surface area contributed by atoms with Gasteiger partial charge in [0, 0.05) is 11.8 Å². The normalized spacial score (nSPS) is 22.2. The van der Waals surface area contributed by atoms with E-state index in [2.05, 4.69) is 0 Å². The molecule has 1 saturated heterocycles. The maximum absolute atomic E-state index is 11.4. The van der Waals surface area contributed by atoms with Crippen LogP contribution in [-0.2, 0) is 14.4 Å². The fourth-order valence-corrected chi connectivity index (χ4v) is 2.05. The number of hydroxylamine groups is 2. The number of amides is 1. The standard InChI is InChI=1S/C12H15NO2.CO2/c1-8-3-5-10(6-4-8)11-7-13(15)12(14)9(11)2;2-1-3/h3-6,9,11,15H,7H2,1-2H3;/t9-,11+;/m1./s1. The first-order valence-electron chi connectivity index (χ1n) is 5.57. The van der Waals surface area contributed by atoms with Crippen molar-refractivity contribution in [3.05, 3.63) is 35.4 Å². The Kier molecular flexibility index (Phi) is 4.77. The van der Waals surface area contributed by atoms with Gasteiger partial charge >= 0.3 is 6.15 Å². The fraction of sp³-hybridized carbons (Fsp3) is 0.385. The highest BCUT2D eigenvalue weighted by Gasteiger charge is 2.37. The molecule has 1 amide bonds. The van der Waals surface area contributed by atoms with Gasteiger partial charge in [-0.2, -0.15) is 9.59 Å². The highest BCUT2D eigenvalue weighted by atomic mass is 16.5. The van der Waals surface area contributed by atoms with E-state index in [0.717, 1.165) is 10.6 Å². The molecule has 1 aromatic rings. The third kappa shape index (κ3) is 3.03. The van der Waals surface area contributed by atoms with Crippen LogP contribution < -0.4 is 0 Å². The number of benzene rings is 1. The van der Waals surface area contributed by atoms with Crippen LogP contribution in [0.25, 0.3) is 0 Å². The van der Waals surface area contributed by atoms with Gasteiger partial charge in [0.2, 0.25) is 5.91 Å². The molecule has 5 nitrogen and oxygen atoms in total. The van der Waals surface area contributed by atoms with Gasteiger partial charge in [-0.25, -0.2) is 5.06 Å². The van der Waals surface area contributed by atoms with Gasteiger partial charge in [0.15, 0.2) is 0 Å². The first-order chi connectivity index (χ1) is 8.51. The molecule has 0 saturated carbocycles. The first kappa shape index (κ1) is 14.1. The lowest BCUT2D eigenvalue weighted by atomic mass is 9.90. The highest BCUT2D eigenvalue weighted by molar-refractivity contribution is 5.81. The molecule has 0 bridgehead atoms. The molecule has 0 spiro atoms. The van der Waals surface area contributed by atoms with Crippen LogP contribution in [0.4, 0.5) is 0 Å². The van der Waals surface area contributed by atoms with Gasteiger partial charge < -0.3 is 0 Å². The predicted molar refractivity (Wildman–Crippen MR) is 61.6 cm³/mol. The second-order valence-corrected chi connectivity index (χ2v) is 4.31. The Morgan fingerprint density at radius 1 is 1.28 bits per heavy atom. The largest absolute Gasteiger partial charge is 0.373 e. The third-order valence-corrected chi connectivity index (χ3v) is 3.12. The summed E-state index contributed by atoms with van der Waals surface area (Å²) in [6.45, 7) is 4.30. The molecule has 1 aliphatic heterocycles. The molecule has 2 atom stereocenters. The average Bonchev–Trinajstić information content (AvgIpc) is 2.59. The van der Waals surface area contributed by atoms with E-state index in [-0.39, 0.29) is 23.9 Å². The molecule has 18 heavy (non-hydrogen) atoms. The van der Waals surface area contributed by atoms with E-state index in [9.17, 15) is 10.0 Å². The van der Waals surface area contributed by atoms with E-state index >= 15 is 0 Å². The molecule has 0 aliphatic carbocycles. The predicted octanol–water partition coefficient (Wildman–Crippen LogP) is 1.36. The topological polar surface area (TPSA) is 74.7 Å². The van der Waals surface area contributed by atoms with Crippen LogP contribution in [0.15, 0.2) is 24.3 Å². The molecule has 96 valence electrons. The SMILES string of the molecule is Cc1ccc([C@H]2CN(O)C(=O)[C@@H]2C)cc1.O=C=O. The summed E-state index contributed by atoms with van der Waals surface area (Å²) in [5.74, 6) is -0.193. The van der Waals surface area contributed by atoms with Gasteiger partial charge in [-0.3, -0.25) is 10.0 Å². The monoisotopic (exact) mass is 249 g/mol. The maximum Gasteiger partial charge on any atom is 0.373 e. The summed E-state index contributed by atoms with van der Waals surface area (Å²) in [5.41, 5.74) is 2.33. The van der Waals surface area contributed by atoms with Gasteiger partial charge in [0.1, 0.15) is 0 Å². The van der Waals surface area contributed by atoms with Crippen LogP contribution in [0.5, 0.6) is 0 Å². The molecule has 1 aromatic carbocycles. The molecule has 1 N–H and O–H groups in total. The van der Waals surface area contributed by atoms with E-state index in [1.807, 2.05) is 38.1 Å². The van der Waals surface area contributed by atoms with Crippen molar-refractivity contribution < 1.29 is 19.6 Å². The van der Waals surface area contributed by atoms with Crippen molar-refractivity contribution in [1.82, 2.24) is 5.06 Å². The molecular formula is C13H15NO4. The highest BCUT2D eigenvalue weighted by Crippen LogP contribution is 2.32. The van der Waals surface area contributed by atoms with E-state index in [4.69, 9.17) is 9.59 Å². The van der Waals surface area contributed by atoms with Gasteiger partial charge in [-0.1, -0.05) is 36.8 Å². The van der Waals surface area contributed by atoms with Crippen molar-refractivity contribution in [2.45, 2.75) is 19.8 Å². The van der Waals surface area contributed by atoms with Crippen LogP contribution in [0, 0.1) is 12.8 Å². The minimum atomic E-state index is -0.180. The van der Waals surface area contributed by atoms with Crippen LogP contribution in [0.3, 0.4) is 0 Å². The zero-order valence-electron chi connectivity index (χ0n) is 10.3. The minimum Gasteiger partial charge on any atom is -0.286 e. The van der Waals surface area contributed by atoms with Crippen molar-refractivity contribution in [1.29, 1.82) is 0 Å². The number of aryl methyl sites for hydroxylation is 1. The van der Waals surface area contributed by atoms with Crippen LogP contribution >= 0.6 is 0 Å².